The van der Waals surface area contributed by atoms with Gasteiger partial charge in [-0.2, -0.15) is 0 Å². The van der Waals surface area contributed by atoms with Gasteiger partial charge in [0.15, 0.2) is 0 Å². The Morgan fingerprint density at radius 3 is 2.62 bits per heavy atom. The SMILES string of the molecule is CCc1cccc(CCC(=O)C2(C)CC2)c1. The Morgan fingerprint density at radius 1 is 1.31 bits per heavy atom. The molecule has 1 fully saturated rings. The van der Waals surface area contributed by atoms with Crippen molar-refractivity contribution in [2.75, 3.05) is 0 Å². The van der Waals surface area contributed by atoms with Gasteiger partial charge >= 0.3 is 0 Å². The van der Waals surface area contributed by atoms with Crippen LogP contribution in [0.3, 0.4) is 0 Å². The van der Waals surface area contributed by atoms with Gasteiger partial charge < -0.3 is 0 Å². The predicted molar refractivity (Wildman–Crippen MR) is 66.5 cm³/mol. The van der Waals surface area contributed by atoms with Gasteiger partial charge in [0.2, 0.25) is 0 Å². The van der Waals surface area contributed by atoms with Crippen molar-refractivity contribution < 1.29 is 4.79 Å². The molecule has 1 aromatic carbocycles. The second-order valence-electron chi connectivity index (χ2n) is 5.16. The van der Waals surface area contributed by atoms with Crippen LogP contribution in [-0.4, -0.2) is 5.78 Å². The van der Waals surface area contributed by atoms with E-state index in [2.05, 4.69) is 38.1 Å². The Morgan fingerprint density at radius 2 is 2.00 bits per heavy atom. The van der Waals surface area contributed by atoms with Crippen LogP contribution in [0, 0.1) is 5.41 Å². The lowest BCUT2D eigenvalue weighted by Gasteiger charge is -2.07. The van der Waals surface area contributed by atoms with Crippen molar-refractivity contribution in [3.8, 4) is 0 Å². The summed E-state index contributed by atoms with van der Waals surface area (Å²) in [6, 6.07) is 8.59. The second kappa shape index (κ2) is 4.40. The molecule has 86 valence electrons. The number of Topliss-reactive ketones (excluding diaryl/α,β-unsaturated/α-hetero) is 1. The Labute approximate surface area is 97.9 Å². The maximum absolute atomic E-state index is 11.9. The quantitative estimate of drug-likeness (QED) is 0.735. The zero-order valence-electron chi connectivity index (χ0n) is 10.3. The molecule has 0 aromatic heterocycles. The molecule has 0 aliphatic heterocycles. The van der Waals surface area contributed by atoms with Gasteiger partial charge in [0.1, 0.15) is 5.78 Å². The smallest absolute Gasteiger partial charge is 0.139 e. The summed E-state index contributed by atoms with van der Waals surface area (Å²) >= 11 is 0. The van der Waals surface area contributed by atoms with E-state index in [4.69, 9.17) is 0 Å². The van der Waals surface area contributed by atoms with E-state index in [1.54, 1.807) is 0 Å². The molecule has 0 unspecified atom stereocenters. The minimum atomic E-state index is 0.0440. The Bertz CT molecular complexity index is 388. The van der Waals surface area contributed by atoms with E-state index in [9.17, 15) is 4.79 Å². The van der Waals surface area contributed by atoms with Crippen molar-refractivity contribution in [2.24, 2.45) is 5.41 Å². The van der Waals surface area contributed by atoms with Crippen LogP contribution in [0.25, 0.3) is 0 Å². The number of hydrogen-bond donors (Lipinski definition) is 0. The highest BCUT2D eigenvalue weighted by Crippen LogP contribution is 2.46. The Kier molecular flexibility index (Phi) is 3.13. The molecule has 2 rings (SSSR count). The lowest BCUT2D eigenvalue weighted by atomic mass is 9.96. The molecule has 1 nitrogen and oxygen atoms in total. The van der Waals surface area contributed by atoms with Crippen LogP contribution in [0.2, 0.25) is 0 Å². The summed E-state index contributed by atoms with van der Waals surface area (Å²) in [6.07, 6.45) is 4.88. The van der Waals surface area contributed by atoms with Gasteiger partial charge in [-0.1, -0.05) is 38.1 Å². The molecular weight excluding hydrogens is 196 g/mol. The third-order valence-corrected chi connectivity index (χ3v) is 3.71. The minimum Gasteiger partial charge on any atom is -0.299 e. The monoisotopic (exact) mass is 216 g/mol. The largest absolute Gasteiger partial charge is 0.299 e. The summed E-state index contributed by atoms with van der Waals surface area (Å²) in [5.74, 6) is 0.453. The fraction of sp³-hybridized carbons (Fsp3) is 0.533. The van der Waals surface area contributed by atoms with Crippen LogP contribution in [-0.2, 0) is 17.6 Å². The summed E-state index contributed by atoms with van der Waals surface area (Å²) in [5.41, 5.74) is 2.71. The first kappa shape index (κ1) is 11.4. The molecular formula is C15H20O. The van der Waals surface area contributed by atoms with Crippen molar-refractivity contribution >= 4 is 5.78 Å². The molecule has 0 saturated heterocycles. The van der Waals surface area contributed by atoms with Crippen molar-refractivity contribution in [1.82, 2.24) is 0 Å². The van der Waals surface area contributed by atoms with Crippen LogP contribution in [0.15, 0.2) is 24.3 Å². The standard InChI is InChI=1S/C15H20O/c1-3-12-5-4-6-13(11-12)7-8-14(16)15(2)9-10-15/h4-6,11H,3,7-10H2,1-2H3. The zero-order valence-corrected chi connectivity index (χ0v) is 10.3. The van der Waals surface area contributed by atoms with E-state index in [-0.39, 0.29) is 5.41 Å². The van der Waals surface area contributed by atoms with Gasteiger partial charge in [0.25, 0.3) is 0 Å². The fourth-order valence-corrected chi connectivity index (χ4v) is 2.03. The number of carbonyl (C=O) groups excluding carboxylic acids is 1. The Balaban J connectivity index is 1.91. The average Bonchev–Trinajstić information content (AvgIpc) is 3.06. The lowest BCUT2D eigenvalue weighted by molar-refractivity contribution is -0.123. The number of aryl methyl sites for hydroxylation is 2. The fourth-order valence-electron chi connectivity index (χ4n) is 2.03. The molecule has 1 saturated carbocycles. The number of rotatable bonds is 5. The van der Waals surface area contributed by atoms with Crippen LogP contribution >= 0.6 is 0 Å². The number of carbonyl (C=O) groups is 1. The molecule has 1 heteroatoms. The maximum Gasteiger partial charge on any atom is 0.139 e. The van der Waals surface area contributed by atoms with Gasteiger partial charge in [-0.25, -0.2) is 0 Å². The van der Waals surface area contributed by atoms with E-state index in [1.807, 2.05) is 0 Å². The molecule has 0 N–H and O–H groups in total. The molecule has 1 aromatic rings. The Hall–Kier alpha value is -1.11. The summed E-state index contributed by atoms with van der Waals surface area (Å²) in [5, 5.41) is 0. The van der Waals surface area contributed by atoms with Gasteiger partial charge in [-0.3, -0.25) is 4.79 Å². The molecule has 0 spiro atoms. The molecule has 0 amide bonds. The highest BCUT2D eigenvalue weighted by molar-refractivity contribution is 5.87. The topological polar surface area (TPSA) is 17.1 Å². The molecule has 0 heterocycles. The first-order valence-corrected chi connectivity index (χ1v) is 6.25. The maximum atomic E-state index is 11.9. The van der Waals surface area contributed by atoms with Crippen LogP contribution in [0.1, 0.15) is 44.2 Å². The zero-order chi connectivity index (χ0) is 11.6. The molecule has 0 radical (unpaired) electrons. The highest BCUT2D eigenvalue weighted by atomic mass is 16.1. The molecule has 0 atom stereocenters. The molecule has 1 aliphatic rings. The third-order valence-electron chi connectivity index (χ3n) is 3.71. The minimum absolute atomic E-state index is 0.0440. The lowest BCUT2D eigenvalue weighted by Crippen LogP contribution is -2.12. The first-order chi connectivity index (χ1) is 7.64. The van der Waals surface area contributed by atoms with Gasteiger partial charge in [-0.05, 0) is 36.8 Å². The van der Waals surface area contributed by atoms with E-state index < -0.39 is 0 Å². The molecule has 1 aliphatic carbocycles. The van der Waals surface area contributed by atoms with E-state index in [1.165, 1.54) is 11.1 Å². The van der Waals surface area contributed by atoms with Crippen LogP contribution < -0.4 is 0 Å². The third kappa shape index (κ3) is 2.52. The second-order valence-corrected chi connectivity index (χ2v) is 5.16. The van der Waals surface area contributed by atoms with Crippen LogP contribution in [0.5, 0.6) is 0 Å². The highest BCUT2D eigenvalue weighted by Gasteiger charge is 2.43. The number of ketones is 1. The van der Waals surface area contributed by atoms with Crippen molar-refractivity contribution in [1.29, 1.82) is 0 Å². The summed E-state index contributed by atoms with van der Waals surface area (Å²) in [7, 11) is 0. The van der Waals surface area contributed by atoms with E-state index in [0.29, 0.717) is 12.2 Å². The van der Waals surface area contributed by atoms with Gasteiger partial charge in [0, 0.05) is 11.8 Å². The molecule has 0 bridgehead atoms. The van der Waals surface area contributed by atoms with E-state index in [0.717, 1.165) is 25.7 Å². The summed E-state index contributed by atoms with van der Waals surface area (Å²) < 4.78 is 0. The van der Waals surface area contributed by atoms with Crippen molar-refractivity contribution in [2.45, 2.75) is 46.0 Å². The van der Waals surface area contributed by atoms with Crippen molar-refractivity contribution in [3.63, 3.8) is 0 Å². The number of benzene rings is 1. The summed E-state index contributed by atoms with van der Waals surface area (Å²) in [6.45, 7) is 4.26. The molecule has 16 heavy (non-hydrogen) atoms. The first-order valence-electron chi connectivity index (χ1n) is 6.25. The van der Waals surface area contributed by atoms with Crippen LogP contribution in [0.4, 0.5) is 0 Å². The van der Waals surface area contributed by atoms with Gasteiger partial charge in [-0.15, -0.1) is 0 Å². The average molecular weight is 216 g/mol. The normalized spacial score (nSPS) is 17.1. The predicted octanol–water partition coefficient (Wildman–Crippen LogP) is 3.55. The summed E-state index contributed by atoms with van der Waals surface area (Å²) in [4.78, 5) is 11.9. The van der Waals surface area contributed by atoms with Gasteiger partial charge in [0.05, 0.1) is 0 Å². The number of hydrogen-bond acceptors (Lipinski definition) is 1. The van der Waals surface area contributed by atoms with E-state index >= 15 is 0 Å². The van der Waals surface area contributed by atoms with Crippen molar-refractivity contribution in [3.05, 3.63) is 35.4 Å².